The third-order valence-corrected chi connectivity index (χ3v) is 7.41. The topological polar surface area (TPSA) is 106 Å². The SMILES string of the molecule is CN1CCN(c2c(C#N)c(N)nc(SCc3csc(-c4ccc(Cl)cc4)n3)c2C#N)CC1. The lowest BCUT2D eigenvalue weighted by atomic mass is 10.1. The Labute approximate surface area is 200 Å². The van der Waals surface area contributed by atoms with E-state index in [1.54, 1.807) is 11.3 Å². The quantitative estimate of drug-likeness (QED) is 0.539. The van der Waals surface area contributed by atoms with Gasteiger partial charge in [-0.2, -0.15) is 10.5 Å². The molecule has 162 valence electrons. The molecule has 10 heteroatoms. The predicted molar refractivity (Wildman–Crippen MR) is 130 cm³/mol. The van der Waals surface area contributed by atoms with Gasteiger partial charge in [-0.25, -0.2) is 9.97 Å². The van der Waals surface area contributed by atoms with E-state index >= 15 is 0 Å². The second-order valence-corrected chi connectivity index (χ2v) is 9.61. The Morgan fingerprint density at radius 1 is 1.09 bits per heavy atom. The number of pyridine rings is 1. The molecule has 0 unspecified atom stereocenters. The predicted octanol–water partition coefficient (Wildman–Crippen LogP) is 4.23. The van der Waals surface area contributed by atoms with Crippen LogP contribution in [-0.4, -0.2) is 48.1 Å². The van der Waals surface area contributed by atoms with E-state index in [1.807, 2.05) is 29.6 Å². The molecule has 0 spiro atoms. The average Bonchev–Trinajstić information content (AvgIpc) is 3.27. The van der Waals surface area contributed by atoms with Crippen molar-refractivity contribution in [3.8, 4) is 22.7 Å². The summed E-state index contributed by atoms with van der Waals surface area (Å²) in [7, 11) is 2.06. The zero-order valence-corrected chi connectivity index (χ0v) is 19.8. The molecule has 0 bridgehead atoms. The molecule has 2 aromatic heterocycles. The number of hydrogen-bond acceptors (Lipinski definition) is 9. The van der Waals surface area contributed by atoms with Crippen molar-refractivity contribution in [2.24, 2.45) is 0 Å². The van der Waals surface area contributed by atoms with Crippen molar-refractivity contribution in [2.45, 2.75) is 10.8 Å². The third kappa shape index (κ3) is 4.67. The maximum Gasteiger partial charge on any atom is 0.144 e. The number of aromatic nitrogens is 2. The van der Waals surface area contributed by atoms with Gasteiger partial charge in [0.15, 0.2) is 0 Å². The van der Waals surface area contributed by atoms with Gasteiger partial charge >= 0.3 is 0 Å². The molecular weight excluding hydrogens is 462 g/mol. The fourth-order valence-corrected chi connectivity index (χ4v) is 5.41. The summed E-state index contributed by atoms with van der Waals surface area (Å²) < 4.78 is 0. The lowest BCUT2D eigenvalue weighted by Crippen LogP contribution is -2.45. The molecule has 3 heterocycles. The number of piperazine rings is 1. The van der Waals surface area contributed by atoms with Crippen LogP contribution in [0, 0.1) is 22.7 Å². The fraction of sp³-hybridized carbons (Fsp3) is 0.273. The van der Waals surface area contributed by atoms with Crippen molar-refractivity contribution in [3.05, 3.63) is 51.5 Å². The number of anilines is 2. The molecule has 1 aliphatic rings. The van der Waals surface area contributed by atoms with Crippen LogP contribution in [0.2, 0.25) is 5.02 Å². The highest BCUT2D eigenvalue weighted by molar-refractivity contribution is 7.98. The highest BCUT2D eigenvalue weighted by Gasteiger charge is 2.26. The van der Waals surface area contributed by atoms with Gasteiger partial charge in [-0.15, -0.1) is 11.3 Å². The average molecular weight is 482 g/mol. The molecule has 1 fully saturated rings. The molecule has 0 radical (unpaired) electrons. The number of nitrogens with zero attached hydrogens (tertiary/aromatic N) is 6. The molecule has 1 aromatic carbocycles. The van der Waals surface area contributed by atoms with Crippen LogP contribution < -0.4 is 10.6 Å². The summed E-state index contributed by atoms with van der Waals surface area (Å²) in [6.45, 7) is 3.16. The smallest absolute Gasteiger partial charge is 0.144 e. The molecule has 0 atom stereocenters. The number of benzene rings is 1. The van der Waals surface area contributed by atoms with Gasteiger partial charge in [0.05, 0.1) is 11.4 Å². The van der Waals surface area contributed by atoms with Crippen molar-refractivity contribution in [3.63, 3.8) is 0 Å². The Hall–Kier alpha value is -2.82. The summed E-state index contributed by atoms with van der Waals surface area (Å²) in [5.41, 5.74) is 9.30. The van der Waals surface area contributed by atoms with Crippen LogP contribution in [0.3, 0.4) is 0 Å². The number of rotatable bonds is 5. The minimum absolute atomic E-state index is 0.156. The minimum atomic E-state index is 0.156. The summed E-state index contributed by atoms with van der Waals surface area (Å²) in [5.74, 6) is 0.697. The monoisotopic (exact) mass is 481 g/mol. The van der Waals surface area contributed by atoms with Crippen LogP contribution in [0.5, 0.6) is 0 Å². The number of nitrogen functional groups attached to an aromatic ring is 1. The van der Waals surface area contributed by atoms with Gasteiger partial charge in [-0.05, 0) is 19.2 Å². The molecule has 1 aliphatic heterocycles. The van der Waals surface area contributed by atoms with E-state index < -0.39 is 0 Å². The highest BCUT2D eigenvalue weighted by Crippen LogP contribution is 2.37. The first-order valence-corrected chi connectivity index (χ1v) is 12.1. The number of halogens is 1. The van der Waals surface area contributed by atoms with Crippen molar-refractivity contribution < 1.29 is 0 Å². The van der Waals surface area contributed by atoms with E-state index in [9.17, 15) is 10.5 Å². The van der Waals surface area contributed by atoms with Crippen molar-refractivity contribution >= 4 is 46.2 Å². The van der Waals surface area contributed by atoms with Crippen LogP contribution in [0.1, 0.15) is 16.8 Å². The van der Waals surface area contributed by atoms with Gasteiger partial charge in [0.2, 0.25) is 0 Å². The summed E-state index contributed by atoms with van der Waals surface area (Å²) in [5, 5.41) is 23.8. The first-order chi connectivity index (χ1) is 15.5. The maximum atomic E-state index is 9.95. The molecule has 2 N–H and O–H groups in total. The molecular formula is C22H20ClN7S2. The number of thioether (sulfide) groups is 1. The molecule has 3 aromatic rings. The van der Waals surface area contributed by atoms with Crippen molar-refractivity contribution in [1.82, 2.24) is 14.9 Å². The molecule has 4 rings (SSSR count). The zero-order chi connectivity index (χ0) is 22.7. The largest absolute Gasteiger partial charge is 0.382 e. The molecule has 0 saturated carbocycles. The summed E-state index contributed by atoms with van der Waals surface area (Å²) in [6.07, 6.45) is 0. The summed E-state index contributed by atoms with van der Waals surface area (Å²) in [4.78, 5) is 13.4. The normalized spacial score (nSPS) is 14.2. The Bertz CT molecular complexity index is 1200. The van der Waals surface area contributed by atoms with Gasteiger partial charge in [0.1, 0.15) is 39.1 Å². The Morgan fingerprint density at radius 3 is 2.44 bits per heavy atom. The molecule has 1 saturated heterocycles. The maximum absolute atomic E-state index is 9.95. The van der Waals surface area contributed by atoms with Crippen molar-refractivity contribution in [2.75, 3.05) is 43.9 Å². The van der Waals surface area contributed by atoms with Crippen LogP contribution >= 0.6 is 34.7 Å². The first kappa shape index (κ1) is 22.4. The van der Waals surface area contributed by atoms with Gasteiger partial charge in [0, 0.05) is 47.9 Å². The lowest BCUT2D eigenvalue weighted by Gasteiger charge is -2.35. The van der Waals surface area contributed by atoms with Crippen molar-refractivity contribution in [1.29, 1.82) is 10.5 Å². The van der Waals surface area contributed by atoms with E-state index in [0.29, 0.717) is 27.1 Å². The van der Waals surface area contributed by atoms with E-state index in [2.05, 4.69) is 34.0 Å². The second-order valence-electron chi connectivity index (χ2n) is 7.35. The van der Waals surface area contributed by atoms with Gasteiger partial charge in [-0.3, -0.25) is 0 Å². The number of hydrogen-bond donors (Lipinski definition) is 1. The molecule has 32 heavy (non-hydrogen) atoms. The standard InChI is InChI=1S/C22H20ClN7S2/c1-29-6-8-30(9-7-29)19-17(10-24)20(26)28-22(18(19)11-25)32-13-16-12-31-21(27-16)14-2-4-15(23)5-3-14/h2-5,12H,6-9,13H2,1H3,(H2,26,28). The van der Waals surface area contributed by atoms with E-state index in [0.717, 1.165) is 42.4 Å². The highest BCUT2D eigenvalue weighted by atomic mass is 35.5. The third-order valence-electron chi connectivity index (χ3n) is 5.21. The molecule has 0 amide bonds. The van der Waals surface area contributed by atoms with Gasteiger partial charge in [0.25, 0.3) is 0 Å². The Morgan fingerprint density at radius 2 is 1.78 bits per heavy atom. The number of nitriles is 2. The van der Waals surface area contributed by atoms with Crippen LogP contribution in [0.4, 0.5) is 11.5 Å². The van der Waals surface area contributed by atoms with Gasteiger partial charge in [-0.1, -0.05) is 35.5 Å². The number of likely N-dealkylation sites (N-methyl/N-ethyl adjacent to an activating group) is 1. The Balaban J connectivity index is 1.60. The fourth-order valence-electron chi connectivity index (χ4n) is 3.47. The number of nitrogens with two attached hydrogens (primary N) is 1. The Kier molecular flexibility index (Phi) is 6.83. The summed E-state index contributed by atoms with van der Waals surface area (Å²) >= 11 is 8.94. The second kappa shape index (κ2) is 9.76. The minimum Gasteiger partial charge on any atom is -0.382 e. The van der Waals surface area contributed by atoms with Crippen LogP contribution in [-0.2, 0) is 5.75 Å². The zero-order valence-electron chi connectivity index (χ0n) is 17.4. The first-order valence-electron chi connectivity index (χ1n) is 9.90. The van der Waals surface area contributed by atoms with Crippen LogP contribution in [0.15, 0.2) is 34.7 Å². The van der Waals surface area contributed by atoms with E-state index in [1.165, 1.54) is 11.8 Å². The van der Waals surface area contributed by atoms with Gasteiger partial charge < -0.3 is 15.5 Å². The lowest BCUT2D eigenvalue weighted by molar-refractivity contribution is 0.312. The van der Waals surface area contributed by atoms with E-state index in [4.69, 9.17) is 22.3 Å². The van der Waals surface area contributed by atoms with Crippen LogP contribution in [0.25, 0.3) is 10.6 Å². The molecule has 0 aliphatic carbocycles. The molecule has 7 nitrogen and oxygen atoms in total. The number of thiazole rings is 1. The van der Waals surface area contributed by atoms with E-state index in [-0.39, 0.29) is 11.4 Å². The summed E-state index contributed by atoms with van der Waals surface area (Å²) in [6, 6.07) is 12.0.